The van der Waals surface area contributed by atoms with Gasteiger partial charge in [-0.15, -0.1) is 11.3 Å². The molecule has 0 atom stereocenters. The van der Waals surface area contributed by atoms with Gasteiger partial charge in [-0.3, -0.25) is 4.79 Å². The van der Waals surface area contributed by atoms with Crippen LogP contribution in [0, 0.1) is 0 Å². The van der Waals surface area contributed by atoms with E-state index in [0.717, 1.165) is 49.5 Å². The number of hydrogen-bond donors (Lipinski definition) is 1. The van der Waals surface area contributed by atoms with Crippen LogP contribution >= 0.6 is 22.9 Å². The summed E-state index contributed by atoms with van der Waals surface area (Å²) in [5.74, 6) is 1.69. The maximum absolute atomic E-state index is 12.0. The number of carbonyl (C=O) groups is 1. The van der Waals surface area contributed by atoms with E-state index in [4.69, 9.17) is 0 Å². The van der Waals surface area contributed by atoms with Gasteiger partial charge in [-0.2, -0.15) is 4.37 Å². The molecule has 1 amide bonds. The van der Waals surface area contributed by atoms with Crippen LogP contribution in [-0.2, 0) is 17.8 Å². The van der Waals surface area contributed by atoms with Gasteiger partial charge in [0.05, 0.1) is 6.54 Å². The number of carbonyl (C=O) groups excluding carboxylic acids is 1. The number of piperazine rings is 1. The van der Waals surface area contributed by atoms with E-state index in [-0.39, 0.29) is 12.5 Å². The third kappa shape index (κ3) is 5.41. The van der Waals surface area contributed by atoms with Crippen LogP contribution in [0.15, 0.2) is 22.5 Å². The zero-order chi connectivity index (χ0) is 19.9. The molecular formula is C18H27N7OS2. The van der Waals surface area contributed by atoms with Crippen LogP contribution in [0.1, 0.15) is 17.6 Å². The van der Waals surface area contributed by atoms with Gasteiger partial charge < -0.3 is 20.0 Å². The molecule has 1 aliphatic heterocycles. The molecule has 0 aromatic carbocycles. The first-order chi connectivity index (χ1) is 13.6. The maximum atomic E-state index is 12.0. The van der Waals surface area contributed by atoms with Gasteiger partial charge in [0.1, 0.15) is 12.4 Å². The average Bonchev–Trinajstić information content (AvgIpc) is 3.40. The lowest BCUT2D eigenvalue weighted by Crippen LogP contribution is -2.52. The van der Waals surface area contributed by atoms with Gasteiger partial charge in [0.2, 0.25) is 11.0 Å². The lowest BCUT2D eigenvalue weighted by molar-refractivity contribution is -0.127. The Morgan fingerprint density at radius 3 is 2.71 bits per heavy atom. The molecular weight excluding hydrogens is 394 g/mol. The highest BCUT2D eigenvalue weighted by Crippen LogP contribution is 2.19. The Bertz CT molecular complexity index is 780. The van der Waals surface area contributed by atoms with Crippen LogP contribution in [0.2, 0.25) is 0 Å². The summed E-state index contributed by atoms with van der Waals surface area (Å²) in [4.78, 5) is 28.5. The number of nitrogens with one attached hydrogen (secondary N) is 1. The molecule has 3 rings (SSSR count). The summed E-state index contributed by atoms with van der Waals surface area (Å²) >= 11 is 3.18. The first-order valence-electron chi connectivity index (χ1n) is 9.40. The number of aromatic nitrogens is 2. The molecule has 1 fully saturated rings. The minimum absolute atomic E-state index is 0.00462. The van der Waals surface area contributed by atoms with Crippen molar-refractivity contribution >= 4 is 39.9 Å². The normalized spacial score (nSPS) is 15.0. The van der Waals surface area contributed by atoms with Gasteiger partial charge in [0.15, 0.2) is 5.96 Å². The van der Waals surface area contributed by atoms with E-state index < -0.39 is 0 Å². The largest absolute Gasteiger partial charge is 0.351 e. The molecule has 3 heterocycles. The van der Waals surface area contributed by atoms with E-state index in [1.165, 1.54) is 16.4 Å². The Kier molecular flexibility index (Phi) is 7.21. The van der Waals surface area contributed by atoms with Crippen LogP contribution in [0.25, 0.3) is 0 Å². The van der Waals surface area contributed by atoms with Crippen LogP contribution in [0.5, 0.6) is 0 Å². The number of amides is 1. The quantitative estimate of drug-likeness (QED) is 0.563. The number of rotatable bonds is 6. The van der Waals surface area contributed by atoms with E-state index in [0.29, 0.717) is 6.54 Å². The monoisotopic (exact) mass is 421 g/mol. The van der Waals surface area contributed by atoms with E-state index in [1.54, 1.807) is 30.3 Å². The molecule has 0 saturated carbocycles. The number of thiophene rings is 1. The number of hydrogen-bond acceptors (Lipinski definition) is 7. The highest BCUT2D eigenvalue weighted by Gasteiger charge is 2.22. The fourth-order valence-corrected chi connectivity index (χ4v) is 4.20. The van der Waals surface area contributed by atoms with Crippen molar-refractivity contribution in [3.63, 3.8) is 0 Å². The maximum Gasteiger partial charge on any atom is 0.243 e. The minimum Gasteiger partial charge on any atom is -0.351 e. The van der Waals surface area contributed by atoms with Crippen LogP contribution < -0.4 is 10.2 Å². The van der Waals surface area contributed by atoms with Gasteiger partial charge >= 0.3 is 0 Å². The van der Waals surface area contributed by atoms with E-state index in [2.05, 4.69) is 47.8 Å². The summed E-state index contributed by atoms with van der Waals surface area (Å²) in [6, 6.07) is 4.14. The molecule has 28 heavy (non-hydrogen) atoms. The highest BCUT2D eigenvalue weighted by atomic mass is 32.1. The fraction of sp³-hybridized carbons (Fsp3) is 0.556. The predicted molar refractivity (Wildman–Crippen MR) is 115 cm³/mol. The van der Waals surface area contributed by atoms with Crippen molar-refractivity contribution in [2.24, 2.45) is 4.99 Å². The minimum atomic E-state index is -0.00462. The van der Waals surface area contributed by atoms with Crippen molar-refractivity contribution < 1.29 is 4.79 Å². The summed E-state index contributed by atoms with van der Waals surface area (Å²) in [6.45, 7) is 6.31. The Labute approximate surface area is 174 Å². The molecule has 152 valence electrons. The number of anilines is 1. The van der Waals surface area contributed by atoms with E-state index in [9.17, 15) is 4.79 Å². The molecule has 1 aliphatic rings. The molecule has 2 aromatic heterocycles. The summed E-state index contributed by atoms with van der Waals surface area (Å²) in [6.07, 6.45) is 0.861. The summed E-state index contributed by atoms with van der Waals surface area (Å²) in [5, 5.41) is 6.48. The topological polar surface area (TPSA) is 77.0 Å². The molecule has 8 nitrogen and oxygen atoms in total. The molecule has 10 heteroatoms. The van der Waals surface area contributed by atoms with Crippen molar-refractivity contribution in [2.45, 2.75) is 19.9 Å². The molecule has 1 saturated heterocycles. The van der Waals surface area contributed by atoms with Gasteiger partial charge in [-0.05, 0) is 11.4 Å². The zero-order valence-corrected chi connectivity index (χ0v) is 18.2. The number of aliphatic imine (C=N–C) groups is 1. The Balaban J connectivity index is 1.62. The third-order valence-electron chi connectivity index (χ3n) is 4.49. The van der Waals surface area contributed by atoms with Crippen molar-refractivity contribution in [3.8, 4) is 0 Å². The second-order valence-electron chi connectivity index (χ2n) is 6.68. The number of guanidine groups is 1. The SMILES string of the molecule is CCc1nsc(N2CCN(C(=NCC(=O)N(C)C)NCc3cccs3)CC2)n1. The van der Waals surface area contributed by atoms with Crippen molar-refractivity contribution in [2.75, 3.05) is 51.7 Å². The Morgan fingerprint density at radius 2 is 2.11 bits per heavy atom. The molecule has 0 unspecified atom stereocenters. The van der Waals surface area contributed by atoms with E-state index >= 15 is 0 Å². The molecule has 0 bridgehead atoms. The summed E-state index contributed by atoms with van der Waals surface area (Å²) in [5.41, 5.74) is 0. The van der Waals surface area contributed by atoms with Crippen molar-refractivity contribution in [3.05, 3.63) is 28.2 Å². The highest BCUT2D eigenvalue weighted by molar-refractivity contribution is 7.10. The summed E-state index contributed by atoms with van der Waals surface area (Å²) in [7, 11) is 3.50. The van der Waals surface area contributed by atoms with Crippen LogP contribution in [0.3, 0.4) is 0 Å². The zero-order valence-electron chi connectivity index (χ0n) is 16.6. The summed E-state index contributed by atoms with van der Waals surface area (Å²) < 4.78 is 4.39. The second kappa shape index (κ2) is 9.83. The van der Waals surface area contributed by atoms with Crippen LogP contribution in [-0.4, -0.2) is 77.8 Å². The first-order valence-corrected chi connectivity index (χ1v) is 11.1. The average molecular weight is 422 g/mol. The molecule has 0 radical (unpaired) electrons. The number of aryl methyl sites for hydroxylation is 1. The third-order valence-corrected chi connectivity index (χ3v) is 6.18. The van der Waals surface area contributed by atoms with Crippen molar-refractivity contribution in [1.29, 1.82) is 0 Å². The Hall–Kier alpha value is -2.20. The smallest absolute Gasteiger partial charge is 0.243 e. The number of likely N-dealkylation sites (N-methyl/N-ethyl adjacent to an activating group) is 1. The van der Waals surface area contributed by atoms with E-state index in [1.807, 2.05) is 6.07 Å². The van der Waals surface area contributed by atoms with Gasteiger partial charge in [0, 0.05) is 63.1 Å². The second-order valence-corrected chi connectivity index (χ2v) is 8.44. The lowest BCUT2D eigenvalue weighted by atomic mass is 10.3. The predicted octanol–water partition coefficient (Wildman–Crippen LogP) is 1.52. The molecule has 2 aromatic rings. The lowest BCUT2D eigenvalue weighted by Gasteiger charge is -2.36. The standard InChI is InChI=1S/C18H27N7OS2/c1-4-15-21-18(28-22-15)25-9-7-24(8-10-25)17(20-13-16(26)23(2)3)19-12-14-6-5-11-27-14/h5-6,11H,4,7-10,12-13H2,1-3H3,(H,19,20). The Morgan fingerprint density at radius 1 is 1.32 bits per heavy atom. The molecule has 0 spiro atoms. The fourth-order valence-electron chi connectivity index (χ4n) is 2.76. The first kappa shape index (κ1) is 20.5. The van der Waals surface area contributed by atoms with Gasteiger partial charge in [-0.1, -0.05) is 13.0 Å². The van der Waals surface area contributed by atoms with Gasteiger partial charge in [0.25, 0.3) is 0 Å². The number of nitrogens with zero attached hydrogens (tertiary/aromatic N) is 6. The molecule has 0 aliphatic carbocycles. The molecule has 1 N–H and O–H groups in total. The van der Waals surface area contributed by atoms with Crippen LogP contribution in [0.4, 0.5) is 5.13 Å². The van der Waals surface area contributed by atoms with Crippen molar-refractivity contribution in [1.82, 2.24) is 24.5 Å². The van der Waals surface area contributed by atoms with Gasteiger partial charge in [-0.25, -0.2) is 9.98 Å².